The molecule has 0 bridgehead atoms. The number of halogens is 3. The van der Waals surface area contributed by atoms with Gasteiger partial charge in [0.25, 0.3) is 0 Å². The van der Waals surface area contributed by atoms with Crippen molar-refractivity contribution in [2.24, 2.45) is 0 Å². The van der Waals surface area contributed by atoms with E-state index in [-0.39, 0.29) is 58.9 Å². The molecule has 0 N–H and O–H groups in total. The Morgan fingerprint density at radius 1 is 1.27 bits per heavy atom. The Kier molecular flexibility index (Phi) is 21.5. The summed E-state index contributed by atoms with van der Waals surface area (Å²) in [7, 11) is 1.74. The van der Waals surface area contributed by atoms with E-state index >= 15 is 0 Å². The van der Waals surface area contributed by atoms with Crippen LogP contribution in [-0.4, -0.2) is 13.7 Å². The summed E-state index contributed by atoms with van der Waals surface area (Å²) in [5, 5.41) is 0. The summed E-state index contributed by atoms with van der Waals surface area (Å²) in [5.74, 6) is 0. The van der Waals surface area contributed by atoms with Crippen molar-refractivity contribution in [3.63, 3.8) is 0 Å². The van der Waals surface area contributed by atoms with Gasteiger partial charge in [0.15, 0.2) is 0 Å². The first-order valence-corrected chi connectivity index (χ1v) is 3.96. The molecule has 0 radical (unpaired) electrons. The predicted octanol–water partition coefficient (Wildman–Crippen LogP) is -6.78. The average Bonchev–Trinajstić information content (AvgIpc) is 2.28. The van der Waals surface area contributed by atoms with Gasteiger partial charge in [-0.05, 0) is 0 Å². The van der Waals surface area contributed by atoms with Gasteiger partial charge in [0.2, 0.25) is 0 Å². The standard InChI is InChI=1S/C10H15O.3ClH.Ti/c1-8-6-10(4-5-11-3)7-9(8)2;;;;/h6-7H,4-5H2,1-3H3;3*1H;/q-1;;;;+4/p-3. The molecule has 1 aromatic rings. The van der Waals surface area contributed by atoms with Gasteiger partial charge in [-0.3, -0.25) is 0 Å². The van der Waals surface area contributed by atoms with E-state index in [9.17, 15) is 0 Å². The molecule has 0 fully saturated rings. The van der Waals surface area contributed by atoms with Gasteiger partial charge < -0.3 is 42.0 Å². The zero-order valence-corrected chi connectivity index (χ0v) is 12.9. The molecule has 0 unspecified atom stereocenters. The van der Waals surface area contributed by atoms with Crippen LogP contribution in [0.2, 0.25) is 0 Å². The zero-order chi connectivity index (χ0) is 8.27. The van der Waals surface area contributed by atoms with Gasteiger partial charge >= 0.3 is 21.7 Å². The second-order valence-corrected chi connectivity index (χ2v) is 2.97. The first-order valence-electron chi connectivity index (χ1n) is 3.96. The molecule has 0 saturated heterocycles. The summed E-state index contributed by atoms with van der Waals surface area (Å²) in [4.78, 5) is 0. The quantitative estimate of drug-likeness (QED) is 0.399. The molecule has 1 aromatic carbocycles. The normalized spacial score (nSPS) is 7.67. The Hall–Kier alpha value is 0.894. The first kappa shape index (κ1) is 24.9. The van der Waals surface area contributed by atoms with E-state index in [1.54, 1.807) is 7.11 Å². The van der Waals surface area contributed by atoms with Crippen molar-refractivity contribution in [2.75, 3.05) is 13.7 Å². The second kappa shape index (κ2) is 13.0. The second-order valence-electron chi connectivity index (χ2n) is 2.97. The minimum atomic E-state index is 0. The third-order valence-corrected chi connectivity index (χ3v) is 2.02. The zero-order valence-electron chi connectivity index (χ0n) is 9.11. The summed E-state index contributed by atoms with van der Waals surface area (Å²) in [5.41, 5.74) is 4.16. The van der Waals surface area contributed by atoms with Crippen molar-refractivity contribution >= 4 is 0 Å². The van der Waals surface area contributed by atoms with E-state index in [4.69, 9.17) is 4.74 Å². The van der Waals surface area contributed by atoms with Crippen molar-refractivity contribution in [1.29, 1.82) is 0 Å². The van der Waals surface area contributed by atoms with Crippen molar-refractivity contribution in [1.82, 2.24) is 0 Å². The SMILES string of the molecule is COCCc1cc(C)[c-](C)c1.[Cl-].[Cl-].[Cl-].[Ti+4]. The molecule has 0 saturated carbocycles. The van der Waals surface area contributed by atoms with Gasteiger partial charge in [0.05, 0.1) is 0 Å². The Bertz CT molecular complexity index is 219. The maximum absolute atomic E-state index is 4.99. The van der Waals surface area contributed by atoms with Gasteiger partial charge in [0.1, 0.15) is 0 Å². The van der Waals surface area contributed by atoms with Crippen LogP contribution in [0.5, 0.6) is 0 Å². The van der Waals surface area contributed by atoms with E-state index < -0.39 is 0 Å². The maximum Gasteiger partial charge on any atom is 4.00 e. The third kappa shape index (κ3) is 8.68. The van der Waals surface area contributed by atoms with Crippen molar-refractivity contribution in [3.05, 3.63) is 28.8 Å². The molecule has 0 spiro atoms. The summed E-state index contributed by atoms with van der Waals surface area (Å²) in [6.07, 6.45) is 1.03. The number of methoxy groups -OCH3 is 1. The third-order valence-electron chi connectivity index (χ3n) is 2.02. The van der Waals surface area contributed by atoms with Crippen molar-refractivity contribution in [3.8, 4) is 0 Å². The molecular weight excluding hydrogens is 290 g/mol. The molecule has 15 heavy (non-hydrogen) atoms. The topological polar surface area (TPSA) is 9.23 Å². The smallest absolute Gasteiger partial charge is 1.00 e. The van der Waals surface area contributed by atoms with Crippen LogP contribution >= 0.6 is 0 Å². The molecule has 0 atom stereocenters. The average molecular weight is 305 g/mol. The van der Waals surface area contributed by atoms with Gasteiger partial charge in [-0.2, -0.15) is 22.8 Å². The summed E-state index contributed by atoms with van der Waals surface area (Å²) < 4.78 is 4.99. The monoisotopic (exact) mass is 304 g/mol. The van der Waals surface area contributed by atoms with E-state index in [2.05, 4.69) is 26.0 Å². The van der Waals surface area contributed by atoms with Crippen LogP contribution in [0.1, 0.15) is 16.7 Å². The maximum atomic E-state index is 4.99. The predicted molar refractivity (Wildman–Crippen MR) is 47.1 cm³/mol. The van der Waals surface area contributed by atoms with Crippen LogP contribution < -0.4 is 37.2 Å². The van der Waals surface area contributed by atoms with Crippen LogP contribution in [0.4, 0.5) is 0 Å². The van der Waals surface area contributed by atoms with Crippen LogP contribution in [0.3, 0.4) is 0 Å². The van der Waals surface area contributed by atoms with Gasteiger partial charge in [-0.15, -0.1) is 0 Å². The Morgan fingerprint density at radius 3 is 2.13 bits per heavy atom. The van der Waals surface area contributed by atoms with Crippen LogP contribution in [0.25, 0.3) is 0 Å². The number of hydrogen-bond donors (Lipinski definition) is 0. The molecule has 86 valence electrons. The van der Waals surface area contributed by atoms with E-state index in [1.807, 2.05) is 0 Å². The molecule has 0 aliphatic rings. The minimum Gasteiger partial charge on any atom is -1.00 e. The van der Waals surface area contributed by atoms with Crippen LogP contribution in [-0.2, 0) is 32.9 Å². The number of rotatable bonds is 3. The molecule has 0 aliphatic heterocycles. The molecule has 0 aliphatic carbocycles. The molecule has 5 heteroatoms. The summed E-state index contributed by atoms with van der Waals surface area (Å²) >= 11 is 0. The van der Waals surface area contributed by atoms with Gasteiger partial charge in [-0.1, -0.05) is 20.3 Å². The largest absolute Gasteiger partial charge is 4.00 e. The van der Waals surface area contributed by atoms with Gasteiger partial charge in [0, 0.05) is 13.7 Å². The van der Waals surface area contributed by atoms with Crippen LogP contribution in [0.15, 0.2) is 12.1 Å². The molecule has 0 aromatic heterocycles. The molecule has 1 rings (SSSR count). The van der Waals surface area contributed by atoms with E-state index in [0.717, 1.165) is 13.0 Å². The number of ether oxygens (including phenoxy) is 1. The summed E-state index contributed by atoms with van der Waals surface area (Å²) in [6, 6.07) is 4.46. The Labute approximate surface area is 126 Å². The molecular formula is C10H15Cl3OTi. The first-order chi connectivity index (χ1) is 5.24. The molecule has 0 amide bonds. The Morgan fingerprint density at radius 2 is 1.80 bits per heavy atom. The number of hydrogen-bond acceptors (Lipinski definition) is 1. The fourth-order valence-electron chi connectivity index (χ4n) is 1.19. The summed E-state index contributed by atoms with van der Waals surface area (Å²) in [6.45, 7) is 5.11. The van der Waals surface area contributed by atoms with Gasteiger partial charge in [-0.25, -0.2) is 6.07 Å². The number of aryl methyl sites for hydroxylation is 2. The van der Waals surface area contributed by atoms with Crippen molar-refractivity contribution in [2.45, 2.75) is 20.3 Å². The van der Waals surface area contributed by atoms with E-state index in [1.165, 1.54) is 16.7 Å². The molecule has 0 heterocycles. The minimum absolute atomic E-state index is 0. The molecule has 1 nitrogen and oxygen atoms in total. The van der Waals surface area contributed by atoms with Crippen LogP contribution in [0, 0.1) is 13.8 Å². The fourth-order valence-corrected chi connectivity index (χ4v) is 1.19. The van der Waals surface area contributed by atoms with Crippen molar-refractivity contribution < 1.29 is 63.7 Å². The Balaban J connectivity index is -0.000000151. The fraction of sp³-hybridized carbons (Fsp3) is 0.500. The van der Waals surface area contributed by atoms with E-state index in [0.29, 0.717) is 0 Å².